The molecule has 0 amide bonds. The minimum atomic E-state index is -4.38. The fraction of sp³-hybridized carbons (Fsp3) is 0.500. The molecule has 0 aromatic heterocycles. The van der Waals surface area contributed by atoms with Crippen molar-refractivity contribution in [1.82, 2.24) is 10.2 Å². The van der Waals surface area contributed by atoms with Crippen LogP contribution in [-0.2, 0) is 0 Å². The molecule has 2 rings (SSSR count). The maximum atomic E-state index is 13.3. The van der Waals surface area contributed by atoms with Crippen LogP contribution in [0.2, 0.25) is 10.0 Å². The van der Waals surface area contributed by atoms with Crippen molar-refractivity contribution in [3.05, 3.63) is 33.8 Å². The maximum absolute atomic E-state index is 13.3. The van der Waals surface area contributed by atoms with E-state index < -0.39 is 12.2 Å². The first-order chi connectivity index (χ1) is 8.89. The first-order valence-electron chi connectivity index (χ1n) is 5.86. The Morgan fingerprint density at radius 2 is 1.67 bits per heavy atom. The van der Waals surface area contributed by atoms with Crippen molar-refractivity contribution in [2.45, 2.75) is 12.2 Å². The van der Waals surface area contributed by atoms with Crippen molar-refractivity contribution in [3.63, 3.8) is 0 Å². The van der Waals surface area contributed by atoms with Gasteiger partial charge in [-0.3, -0.25) is 4.90 Å². The van der Waals surface area contributed by atoms with Crippen LogP contribution in [0.4, 0.5) is 13.2 Å². The molecule has 0 bridgehead atoms. The van der Waals surface area contributed by atoms with Gasteiger partial charge in [-0.1, -0.05) is 23.2 Å². The number of hydrogen-bond acceptors (Lipinski definition) is 2. The van der Waals surface area contributed by atoms with Gasteiger partial charge in [0.05, 0.1) is 0 Å². The zero-order valence-electron chi connectivity index (χ0n) is 10.8. The van der Waals surface area contributed by atoms with Gasteiger partial charge in [-0.05, 0) is 23.8 Å². The lowest BCUT2D eigenvalue weighted by molar-refractivity contribution is -0.187. The van der Waals surface area contributed by atoms with E-state index >= 15 is 0 Å². The van der Waals surface area contributed by atoms with Crippen molar-refractivity contribution in [1.29, 1.82) is 0 Å². The third-order valence-corrected chi connectivity index (χ3v) is 3.66. The van der Waals surface area contributed by atoms with Gasteiger partial charge in [0.25, 0.3) is 0 Å². The molecule has 1 aromatic rings. The number of hydrogen-bond donors (Lipinski definition) is 1. The quantitative estimate of drug-likeness (QED) is 0.814. The Bertz CT molecular complexity index is 451. The van der Waals surface area contributed by atoms with Crippen LogP contribution in [0.5, 0.6) is 0 Å². The number of rotatable bonds is 2. The molecule has 1 aliphatic rings. The molecule has 0 spiro atoms. The molecule has 1 fully saturated rings. The summed E-state index contributed by atoms with van der Waals surface area (Å²) >= 11 is 11.7. The molecular formula is C12H15Cl4F3N2. The molecule has 1 heterocycles. The molecule has 0 saturated carbocycles. The summed E-state index contributed by atoms with van der Waals surface area (Å²) in [5, 5.41) is 3.37. The molecule has 0 aliphatic carbocycles. The molecular weight excluding hydrogens is 371 g/mol. The smallest absolute Gasteiger partial charge is 0.314 e. The fourth-order valence-corrected chi connectivity index (χ4v) is 2.65. The fourth-order valence-electron chi connectivity index (χ4n) is 2.24. The van der Waals surface area contributed by atoms with Crippen LogP contribution in [-0.4, -0.2) is 37.3 Å². The van der Waals surface area contributed by atoms with Crippen LogP contribution in [0, 0.1) is 0 Å². The molecule has 0 radical (unpaired) electrons. The van der Waals surface area contributed by atoms with Gasteiger partial charge in [0.2, 0.25) is 0 Å². The van der Waals surface area contributed by atoms with Gasteiger partial charge in [-0.2, -0.15) is 13.2 Å². The molecule has 1 N–H and O–H groups in total. The van der Waals surface area contributed by atoms with Gasteiger partial charge >= 0.3 is 6.18 Å². The molecule has 1 aliphatic heterocycles. The Kier molecular flexibility index (Phi) is 8.69. The lowest BCUT2D eigenvalue weighted by Gasteiger charge is -2.36. The Morgan fingerprint density at radius 3 is 2.19 bits per heavy atom. The highest BCUT2D eigenvalue weighted by Crippen LogP contribution is 2.41. The number of nitrogens with zero attached hydrogens (tertiary/aromatic N) is 1. The van der Waals surface area contributed by atoms with Crippen LogP contribution in [0.15, 0.2) is 18.2 Å². The van der Waals surface area contributed by atoms with Crippen molar-refractivity contribution < 1.29 is 13.2 Å². The number of benzene rings is 1. The largest absolute Gasteiger partial charge is 0.408 e. The van der Waals surface area contributed by atoms with Crippen molar-refractivity contribution in [2.24, 2.45) is 0 Å². The van der Waals surface area contributed by atoms with E-state index in [0.29, 0.717) is 26.2 Å². The van der Waals surface area contributed by atoms with Crippen LogP contribution in [0.1, 0.15) is 11.6 Å². The highest BCUT2D eigenvalue weighted by Gasteiger charge is 2.45. The number of halogens is 7. The zero-order chi connectivity index (χ0) is 14.0. The highest BCUT2D eigenvalue weighted by atomic mass is 35.5. The van der Waals surface area contributed by atoms with E-state index in [4.69, 9.17) is 23.2 Å². The zero-order valence-corrected chi connectivity index (χ0v) is 13.9. The summed E-state index contributed by atoms with van der Waals surface area (Å²) in [5.74, 6) is 0. The van der Waals surface area contributed by atoms with E-state index in [0.717, 1.165) is 0 Å². The molecule has 122 valence electrons. The van der Waals surface area contributed by atoms with E-state index in [1.54, 1.807) is 0 Å². The molecule has 21 heavy (non-hydrogen) atoms. The number of alkyl halides is 3. The second-order valence-corrected chi connectivity index (χ2v) is 5.24. The first-order valence-corrected chi connectivity index (χ1v) is 6.61. The lowest BCUT2D eigenvalue weighted by atomic mass is 10.0. The number of nitrogens with one attached hydrogen (secondary N) is 1. The summed E-state index contributed by atoms with van der Waals surface area (Å²) in [7, 11) is 0. The predicted molar refractivity (Wildman–Crippen MR) is 84.2 cm³/mol. The molecule has 1 aromatic carbocycles. The topological polar surface area (TPSA) is 15.3 Å². The van der Waals surface area contributed by atoms with Gasteiger partial charge < -0.3 is 5.32 Å². The molecule has 9 heteroatoms. The van der Waals surface area contributed by atoms with E-state index in [1.165, 1.54) is 23.1 Å². The Hall–Kier alpha value is 0.0900. The van der Waals surface area contributed by atoms with Crippen LogP contribution in [0.3, 0.4) is 0 Å². The van der Waals surface area contributed by atoms with E-state index in [1.807, 2.05) is 0 Å². The van der Waals surface area contributed by atoms with Crippen LogP contribution < -0.4 is 5.32 Å². The van der Waals surface area contributed by atoms with Gasteiger partial charge in [0.15, 0.2) is 0 Å². The number of piperazine rings is 1. The minimum absolute atomic E-state index is 0. The van der Waals surface area contributed by atoms with Gasteiger partial charge in [0.1, 0.15) is 6.04 Å². The predicted octanol–water partition coefficient (Wildman–Crippen LogP) is 4.35. The Balaban J connectivity index is 0.00000200. The maximum Gasteiger partial charge on any atom is 0.408 e. The first kappa shape index (κ1) is 21.1. The monoisotopic (exact) mass is 384 g/mol. The van der Waals surface area contributed by atoms with Gasteiger partial charge in [-0.15, -0.1) is 24.8 Å². The standard InChI is InChI=1S/C12H13Cl2F3N2.2ClH/c13-8-1-2-10(14)9(7-8)11(12(15,16)17)19-5-3-18-4-6-19;;/h1-2,7,11,18H,3-6H2;2*1H/t11-;;/m1../s1. The van der Waals surface area contributed by atoms with Crippen LogP contribution >= 0.6 is 48.0 Å². The lowest BCUT2D eigenvalue weighted by Crippen LogP contribution is -2.49. The SMILES string of the molecule is Cl.Cl.FC(F)(F)[C@@H](c1cc(Cl)ccc1Cl)N1CCNCC1. The molecule has 2 nitrogen and oxygen atoms in total. The highest BCUT2D eigenvalue weighted by molar-refractivity contribution is 6.33. The van der Waals surface area contributed by atoms with Crippen molar-refractivity contribution in [3.8, 4) is 0 Å². The summed E-state index contributed by atoms with van der Waals surface area (Å²) in [6.45, 7) is 1.72. The van der Waals surface area contributed by atoms with Crippen molar-refractivity contribution in [2.75, 3.05) is 26.2 Å². The Morgan fingerprint density at radius 1 is 1.10 bits per heavy atom. The summed E-state index contributed by atoms with van der Waals surface area (Å²) in [6, 6.07) is 2.48. The average Bonchev–Trinajstić information content (AvgIpc) is 2.33. The van der Waals surface area contributed by atoms with E-state index in [-0.39, 0.29) is 40.4 Å². The van der Waals surface area contributed by atoms with Crippen LogP contribution in [0.25, 0.3) is 0 Å². The average molecular weight is 386 g/mol. The second kappa shape index (κ2) is 8.65. The summed E-state index contributed by atoms with van der Waals surface area (Å²) in [5.41, 5.74) is 0.0172. The van der Waals surface area contributed by atoms with Crippen molar-refractivity contribution >= 4 is 48.0 Å². The second-order valence-electron chi connectivity index (χ2n) is 4.40. The summed E-state index contributed by atoms with van der Waals surface area (Å²) in [4.78, 5) is 1.38. The van der Waals surface area contributed by atoms with E-state index in [9.17, 15) is 13.2 Å². The van der Waals surface area contributed by atoms with Gasteiger partial charge in [-0.25, -0.2) is 0 Å². The Labute approximate surface area is 143 Å². The normalized spacial score (nSPS) is 17.6. The summed E-state index contributed by atoms with van der Waals surface area (Å²) < 4.78 is 40.0. The minimum Gasteiger partial charge on any atom is -0.314 e. The third-order valence-electron chi connectivity index (χ3n) is 3.08. The summed E-state index contributed by atoms with van der Waals surface area (Å²) in [6.07, 6.45) is -4.38. The molecule has 0 unspecified atom stereocenters. The third kappa shape index (κ3) is 5.34. The molecule has 1 saturated heterocycles. The molecule has 1 atom stereocenters. The van der Waals surface area contributed by atoms with Gasteiger partial charge in [0, 0.05) is 36.2 Å². The van der Waals surface area contributed by atoms with E-state index in [2.05, 4.69) is 5.32 Å².